The summed E-state index contributed by atoms with van der Waals surface area (Å²) in [5.74, 6) is -3.14. The molecule has 0 bridgehead atoms. The fourth-order valence-electron chi connectivity index (χ4n) is 3.30. The second-order valence-electron chi connectivity index (χ2n) is 7.11. The summed E-state index contributed by atoms with van der Waals surface area (Å²) in [5, 5.41) is 0. The lowest BCUT2D eigenvalue weighted by Crippen LogP contribution is -2.41. The molecule has 0 aliphatic carbocycles. The molecule has 1 aromatic rings. The van der Waals surface area contributed by atoms with E-state index in [1.807, 2.05) is 11.9 Å². The number of hydrogen-bond donors (Lipinski definition) is 0. The van der Waals surface area contributed by atoms with Crippen LogP contribution in [0.3, 0.4) is 0 Å². The molecule has 1 saturated heterocycles. The molecule has 1 aliphatic heterocycles. The molecule has 1 aliphatic rings. The number of amides is 1. The largest absolute Gasteiger partial charge is 0.346 e. The van der Waals surface area contributed by atoms with Gasteiger partial charge >= 0.3 is 5.76 Å². The lowest BCUT2D eigenvalue weighted by molar-refractivity contribution is -0.135. The molecule has 0 radical (unpaired) electrons. The van der Waals surface area contributed by atoms with E-state index in [4.69, 9.17) is 0 Å². The second kappa shape index (κ2) is 9.59. The maximum absolute atomic E-state index is 12.6. The molecule has 1 amide bonds. The van der Waals surface area contributed by atoms with Gasteiger partial charge < -0.3 is 4.90 Å². The van der Waals surface area contributed by atoms with Crippen LogP contribution in [0.1, 0.15) is 38.2 Å². The van der Waals surface area contributed by atoms with Gasteiger partial charge in [-0.3, -0.25) is 9.69 Å². The van der Waals surface area contributed by atoms with Crippen LogP contribution in [-0.4, -0.2) is 56.6 Å². The minimum absolute atomic E-state index is 0.0571. The van der Waals surface area contributed by atoms with Crippen molar-refractivity contribution in [3.63, 3.8) is 0 Å². The fourth-order valence-corrected chi connectivity index (χ4v) is 4.02. The average molecular weight is 403 g/mol. The topological polar surface area (TPSA) is 57.7 Å². The van der Waals surface area contributed by atoms with E-state index in [1.54, 1.807) is 12.1 Å². The average Bonchev–Trinajstić information content (AvgIpc) is 2.66. The highest BCUT2D eigenvalue weighted by molar-refractivity contribution is 7.91. The lowest BCUT2D eigenvalue weighted by Gasteiger charge is -2.33. The van der Waals surface area contributed by atoms with Gasteiger partial charge in [-0.25, -0.2) is 8.42 Å². The first-order valence-electron chi connectivity index (χ1n) is 9.34. The lowest BCUT2D eigenvalue weighted by atomic mass is 9.95. The van der Waals surface area contributed by atoms with Crippen LogP contribution in [-0.2, 0) is 21.2 Å². The molecule has 1 fully saturated rings. The molecule has 0 saturated carbocycles. The van der Waals surface area contributed by atoms with Gasteiger partial charge in [-0.05, 0) is 50.0 Å². The molecule has 1 heterocycles. The van der Waals surface area contributed by atoms with Gasteiger partial charge in [0.2, 0.25) is 15.7 Å². The molecule has 5 nitrogen and oxygen atoms in total. The first kappa shape index (κ1) is 21.8. The smallest absolute Gasteiger partial charge is 0.341 e. The Morgan fingerprint density at radius 2 is 1.81 bits per heavy atom. The van der Waals surface area contributed by atoms with E-state index in [9.17, 15) is 22.0 Å². The van der Waals surface area contributed by atoms with Crippen LogP contribution < -0.4 is 0 Å². The Bertz CT molecular complexity index is 715. The van der Waals surface area contributed by atoms with E-state index < -0.39 is 15.6 Å². The predicted molar refractivity (Wildman–Crippen MR) is 100 cm³/mol. The van der Waals surface area contributed by atoms with Crippen molar-refractivity contribution < 1.29 is 22.0 Å². The van der Waals surface area contributed by atoms with Gasteiger partial charge in [0, 0.05) is 26.1 Å². The van der Waals surface area contributed by atoms with Crippen LogP contribution in [0, 0.1) is 5.92 Å². The number of likely N-dealkylation sites (tertiary alicyclic amines) is 1. The highest BCUT2D eigenvalue weighted by atomic mass is 32.2. The van der Waals surface area contributed by atoms with Gasteiger partial charge in [-0.2, -0.15) is 8.78 Å². The number of rotatable bonds is 8. The van der Waals surface area contributed by atoms with E-state index in [1.165, 1.54) is 12.1 Å². The number of alkyl halides is 2. The highest BCUT2D eigenvalue weighted by Crippen LogP contribution is 2.23. The van der Waals surface area contributed by atoms with Crippen LogP contribution in [0.2, 0.25) is 0 Å². The van der Waals surface area contributed by atoms with E-state index in [-0.39, 0.29) is 16.7 Å². The Morgan fingerprint density at radius 1 is 1.22 bits per heavy atom. The zero-order valence-corrected chi connectivity index (χ0v) is 16.7. The molecule has 1 aromatic carbocycles. The molecular formula is C19H28F2N2O3S. The molecule has 8 heteroatoms. The first-order valence-corrected chi connectivity index (χ1v) is 10.9. The Labute approximate surface area is 160 Å². The molecule has 152 valence electrons. The Balaban J connectivity index is 1.86. The predicted octanol–water partition coefficient (Wildman–Crippen LogP) is 3.15. The number of unbranched alkanes of at least 4 members (excludes halogenated alkanes) is 1. The number of benzene rings is 1. The maximum atomic E-state index is 12.6. The summed E-state index contributed by atoms with van der Waals surface area (Å²) in [5.41, 5.74) is 0.869. The SMILES string of the molecule is CCCCN(C)C(=O)C1CCN(Cc2ccc(S(=O)(=O)C(F)F)cc2)CC1. The third kappa shape index (κ3) is 5.72. The van der Waals surface area contributed by atoms with Crippen LogP contribution in [0.5, 0.6) is 0 Å². The first-order chi connectivity index (χ1) is 12.8. The molecule has 27 heavy (non-hydrogen) atoms. The molecule has 0 spiro atoms. The number of sulfone groups is 1. The van der Waals surface area contributed by atoms with Crippen molar-refractivity contribution in [2.24, 2.45) is 5.92 Å². The summed E-state index contributed by atoms with van der Waals surface area (Å²) in [6.45, 7) is 5.08. The van der Waals surface area contributed by atoms with Gasteiger partial charge in [0.05, 0.1) is 4.90 Å². The van der Waals surface area contributed by atoms with Crippen LogP contribution in [0.15, 0.2) is 29.2 Å². The zero-order valence-electron chi connectivity index (χ0n) is 15.9. The summed E-state index contributed by atoms with van der Waals surface area (Å²) in [6.07, 6.45) is 3.67. The monoisotopic (exact) mass is 402 g/mol. The summed E-state index contributed by atoms with van der Waals surface area (Å²) >= 11 is 0. The van der Waals surface area contributed by atoms with E-state index in [2.05, 4.69) is 11.8 Å². The van der Waals surface area contributed by atoms with E-state index in [0.29, 0.717) is 6.54 Å². The summed E-state index contributed by atoms with van der Waals surface area (Å²) in [4.78, 5) is 16.1. The van der Waals surface area contributed by atoms with E-state index >= 15 is 0 Å². The molecule has 0 unspecified atom stereocenters. The van der Waals surface area contributed by atoms with Crippen LogP contribution in [0.4, 0.5) is 8.78 Å². The van der Waals surface area contributed by atoms with Gasteiger partial charge in [0.25, 0.3) is 0 Å². The van der Waals surface area contributed by atoms with Crippen molar-refractivity contribution in [2.75, 3.05) is 26.7 Å². The number of nitrogens with zero attached hydrogens (tertiary/aromatic N) is 2. The normalized spacial score (nSPS) is 16.6. The Kier molecular flexibility index (Phi) is 7.73. The van der Waals surface area contributed by atoms with Crippen LogP contribution in [0.25, 0.3) is 0 Å². The minimum atomic E-state index is -4.55. The van der Waals surface area contributed by atoms with Crippen molar-refractivity contribution in [3.8, 4) is 0 Å². The zero-order chi connectivity index (χ0) is 20.0. The Morgan fingerprint density at radius 3 is 2.33 bits per heavy atom. The molecular weight excluding hydrogens is 374 g/mol. The van der Waals surface area contributed by atoms with Gasteiger partial charge in [-0.15, -0.1) is 0 Å². The van der Waals surface area contributed by atoms with Gasteiger partial charge in [0.15, 0.2) is 0 Å². The molecule has 0 aromatic heterocycles. The highest BCUT2D eigenvalue weighted by Gasteiger charge is 2.28. The molecule has 0 N–H and O–H groups in total. The minimum Gasteiger partial charge on any atom is -0.346 e. The van der Waals surface area contributed by atoms with Crippen molar-refractivity contribution in [1.82, 2.24) is 9.80 Å². The summed E-state index contributed by atoms with van der Waals surface area (Å²) in [6, 6.07) is 5.61. The Hall–Kier alpha value is -1.54. The fraction of sp³-hybridized carbons (Fsp3) is 0.632. The molecule has 0 atom stereocenters. The number of halogens is 2. The third-order valence-corrected chi connectivity index (χ3v) is 6.45. The van der Waals surface area contributed by atoms with Crippen molar-refractivity contribution in [2.45, 2.75) is 49.8 Å². The van der Waals surface area contributed by atoms with Crippen molar-refractivity contribution in [1.29, 1.82) is 0 Å². The maximum Gasteiger partial charge on any atom is 0.341 e. The van der Waals surface area contributed by atoms with Gasteiger partial charge in [0.1, 0.15) is 0 Å². The number of carbonyl (C=O) groups is 1. The second-order valence-corrected chi connectivity index (χ2v) is 9.03. The van der Waals surface area contributed by atoms with E-state index in [0.717, 1.165) is 50.9 Å². The third-order valence-electron chi connectivity index (χ3n) is 5.05. The van der Waals surface area contributed by atoms with Crippen LogP contribution >= 0.6 is 0 Å². The number of hydrogen-bond acceptors (Lipinski definition) is 4. The van der Waals surface area contributed by atoms with Gasteiger partial charge in [-0.1, -0.05) is 25.5 Å². The quantitative estimate of drug-likeness (QED) is 0.670. The summed E-state index contributed by atoms with van der Waals surface area (Å²) in [7, 11) is -2.69. The number of carbonyl (C=O) groups excluding carboxylic acids is 1. The summed E-state index contributed by atoms with van der Waals surface area (Å²) < 4.78 is 48.1. The van der Waals surface area contributed by atoms with Crippen molar-refractivity contribution in [3.05, 3.63) is 29.8 Å². The standard InChI is InChI=1S/C19H28F2N2O3S/c1-3-4-11-22(2)18(24)16-9-12-23(13-10-16)14-15-5-7-17(8-6-15)27(25,26)19(20)21/h5-8,16,19H,3-4,9-14H2,1-2H3. The number of piperidine rings is 1. The van der Waals surface area contributed by atoms with Crippen molar-refractivity contribution >= 4 is 15.7 Å². The molecule has 2 rings (SSSR count).